The molecule has 0 aliphatic heterocycles. The van der Waals surface area contributed by atoms with Gasteiger partial charge in [-0.1, -0.05) is 6.07 Å². The molecule has 0 bridgehead atoms. The Balaban J connectivity index is 2.17. The molecule has 0 aromatic carbocycles. The Hall–Kier alpha value is -2.17. The van der Waals surface area contributed by atoms with Crippen molar-refractivity contribution in [3.05, 3.63) is 41.3 Å². The molecule has 0 unspecified atom stereocenters. The molecular weight excluding hydrogens is 204 g/mol. The highest BCUT2D eigenvalue weighted by Gasteiger charge is 2.11. The molecule has 82 valence electrons. The van der Waals surface area contributed by atoms with Gasteiger partial charge in [-0.2, -0.15) is 5.10 Å². The molecule has 2 N–H and O–H groups in total. The summed E-state index contributed by atoms with van der Waals surface area (Å²) in [4.78, 5) is 15.7. The first-order valence-corrected chi connectivity index (χ1v) is 4.92. The van der Waals surface area contributed by atoms with Gasteiger partial charge in [-0.15, -0.1) is 0 Å². The van der Waals surface area contributed by atoms with Crippen LogP contribution in [0.15, 0.2) is 24.4 Å². The predicted molar refractivity (Wildman–Crippen MR) is 60.3 cm³/mol. The SMILES string of the molecule is Cc1[nH]nc(NC(=O)c2ccccn2)c1C. The minimum Gasteiger partial charge on any atom is -0.304 e. The van der Waals surface area contributed by atoms with Crippen LogP contribution in [0.3, 0.4) is 0 Å². The highest BCUT2D eigenvalue weighted by atomic mass is 16.1. The standard InChI is InChI=1S/C11H12N4O/c1-7-8(2)14-15-10(7)13-11(16)9-5-3-4-6-12-9/h3-6H,1-2H3,(H2,13,14,15,16). The van der Waals surface area contributed by atoms with Crippen LogP contribution in [0.25, 0.3) is 0 Å². The third-order valence-corrected chi connectivity index (χ3v) is 2.38. The lowest BCUT2D eigenvalue weighted by Crippen LogP contribution is -2.14. The van der Waals surface area contributed by atoms with Gasteiger partial charge in [0.15, 0.2) is 5.82 Å². The van der Waals surface area contributed by atoms with E-state index in [2.05, 4.69) is 20.5 Å². The van der Waals surface area contributed by atoms with Crippen LogP contribution < -0.4 is 5.32 Å². The smallest absolute Gasteiger partial charge is 0.275 e. The van der Waals surface area contributed by atoms with Gasteiger partial charge in [0.2, 0.25) is 0 Å². The van der Waals surface area contributed by atoms with Crippen molar-refractivity contribution in [2.45, 2.75) is 13.8 Å². The average Bonchev–Trinajstić information content (AvgIpc) is 2.62. The zero-order valence-corrected chi connectivity index (χ0v) is 9.11. The third-order valence-electron chi connectivity index (χ3n) is 2.38. The Morgan fingerprint density at radius 2 is 2.19 bits per heavy atom. The first-order chi connectivity index (χ1) is 7.68. The summed E-state index contributed by atoms with van der Waals surface area (Å²) in [6.45, 7) is 3.80. The van der Waals surface area contributed by atoms with Crippen molar-refractivity contribution in [1.29, 1.82) is 0 Å². The van der Waals surface area contributed by atoms with E-state index in [-0.39, 0.29) is 5.91 Å². The van der Waals surface area contributed by atoms with Gasteiger partial charge in [0, 0.05) is 17.5 Å². The highest BCUT2D eigenvalue weighted by molar-refractivity contribution is 6.02. The molecule has 0 saturated carbocycles. The van der Waals surface area contributed by atoms with Crippen LogP contribution in [0.4, 0.5) is 5.82 Å². The van der Waals surface area contributed by atoms with E-state index in [1.807, 2.05) is 13.8 Å². The molecule has 2 rings (SSSR count). The molecule has 0 spiro atoms. The lowest BCUT2D eigenvalue weighted by Gasteiger charge is -2.01. The van der Waals surface area contributed by atoms with Gasteiger partial charge >= 0.3 is 0 Å². The van der Waals surface area contributed by atoms with Crippen molar-refractivity contribution >= 4 is 11.7 Å². The van der Waals surface area contributed by atoms with E-state index < -0.39 is 0 Å². The molecule has 0 fully saturated rings. The molecule has 0 aliphatic rings. The number of anilines is 1. The molecular formula is C11H12N4O. The summed E-state index contributed by atoms with van der Waals surface area (Å²) in [6.07, 6.45) is 1.58. The summed E-state index contributed by atoms with van der Waals surface area (Å²) in [5, 5.41) is 9.51. The molecule has 1 amide bonds. The summed E-state index contributed by atoms with van der Waals surface area (Å²) >= 11 is 0. The van der Waals surface area contributed by atoms with Crippen molar-refractivity contribution in [2.24, 2.45) is 0 Å². The third kappa shape index (κ3) is 1.93. The number of aryl methyl sites for hydroxylation is 1. The van der Waals surface area contributed by atoms with Gasteiger partial charge in [-0.3, -0.25) is 14.9 Å². The Labute approximate surface area is 92.9 Å². The maximum Gasteiger partial charge on any atom is 0.275 e. The fraction of sp³-hybridized carbons (Fsp3) is 0.182. The van der Waals surface area contributed by atoms with Gasteiger partial charge in [0.05, 0.1) is 0 Å². The number of amides is 1. The Morgan fingerprint density at radius 3 is 2.75 bits per heavy atom. The number of aromatic nitrogens is 3. The number of H-pyrrole nitrogens is 1. The number of aromatic amines is 1. The second-order valence-corrected chi connectivity index (χ2v) is 3.49. The fourth-order valence-electron chi connectivity index (χ4n) is 1.28. The van der Waals surface area contributed by atoms with E-state index in [4.69, 9.17) is 0 Å². The topological polar surface area (TPSA) is 70.7 Å². The number of hydrogen-bond acceptors (Lipinski definition) is 3. The predicted octanol–water partition coefficient (Wildman–Crippen LogP) is 1.67. The Bertz CT molecular complexity index is 504. The number of carbonyl (C=O) groups is 1. The molecule has 0 saturated heterocycles. The zero-order valence-electron chi connectivity index (χ0n) is 9.11. The number of hydrogen-bond donors (Lipinski definition) is 2. The summed E-state index contributed by atoms with van der Waals surface area (Å²) in [6, 6.07) is 5.19. The zero-order chi connectivity index (χ0) is 11.5. The van der Waals surface area contributed by atoms with Gasteiger partial charge in [0.25, 0.3) is 5.91 Å². The van der Waals surface area contributed by atoms with Crippen LogP contribution in [-0.4, -0.2) is 21.1 Å². The number of rotatable bonds is 2. The van der Waals surface area contributed by atoms with E-state index in [9.17, 15) is 4.79 Å². The number of nitrogens with one attached hydrogen (secondary N) is 2. The van der Waals surface area contributed by atoms with E-state index in [1.54, 1.807) is 24.4 Å². The van der Waals surface area contributed by atoms with Crippen LogP contribution in [0.1, 0.15) is 21.7 Å². The van der Waals surface area contributed by atoms with E-state index in [0.29, 0.717) is 11.5 Å². The molecule has 2 aromatic heterocycles. The number of carbonyl (C=O) groups excluding carboxylic acids is 1. The average molecular weight is 216 g/mol. The van der Waals surface area contributed by atoms with Gasteiger partial charge < -0.3 is 5.32 Å². The van der Waals surface area contributed by atoms with Gasteiger partial charge in [-0.25, -0.2) is 0 Å². The minimum absolute atomic E-state index is 0.254. The molecule has 5 nitrogen and oxygen atoms in total. The molecule has 5 heteroatoms. The van der Waals surface area contributed by atoms with E-state index in [1.165, 1.54) is 0 Å². The molecule has 2 heterocycles. The van der Waals surface area contributed by atoms with Crippen molar-refractivity contribution in [1.82, 2.24) is 15.2 Å². The normalized spacial score (nSPS) is 10.1. The van der Waals surface area contributed by atoms with Crippen molar-refractivity contribution in [2.75, 3.05) is 5.32 Å². The molecule has 0 aliphatic carbocycles. The highest BCUT2D eigenvalue weighted by Crippen LogP contribution is 2.14. The lowest BCUT2D eigenvalue weighted by atomic mass is 10.2. The van der Waals surface area contributed by atoms with E-state index in [0.717, 1.165) is 11.3 Å². The van der Waals surface area contributed by atoms with Crippen LogP contribution in [0.5, 0.6) is 0 Å². The van der Waals surface area contributed by atoms with Crippen molar-refractivity contribution in [3.63, 3.8) is 0 Å². The molecule has 16 heavy (non-hydrogen) atoms. The largest absolute Gasteiger partial charge is 0.304 e. The summed E-state index contributed by atoms with van der Waals surface area (Å²) in [5.74, 6) is 0.295. The molecule has 2 aromatic rings. The maximum atomic E-state index is 11.7. The fourth-order valence-corrected chi connectivity index (χ4v) is 1.28. The number of nitrogens with zero attached hydrogens (tertiary/aromatic N) is 2. The second-order valence-electron chi connectivity index (χ2n) is 3.49. The number of pyridine rings is 1. The van der Waals surface area contributed by atoms with Crippen molar-refractivity contribution < 1.29 is 4.79 Å². The molecule has 0 atom stereocenters. The van der Waals surface area contributed by atoms with Gasteiger partial charge in [0.1, 0.15) is 5.69 Å². The van der Waals surface area contributed by atoms with Crippen LogP contribution in [0, 0.1) is 13.8 Å². The Morgan fingerprint density at radius 1 is 1.38 bits per heavy atom. The van der Waals surface area contributed by atoms with Crippen LogP contribution >= 0.6 is 0 Å². The minimum atomic E-state index is -0.254. The first kappa shape index (κ1) is 10.4. The summed E-state index contributed by atoms with van der Waals surface area (Å²) in [7, 11) is 0. The summed E-state index contributed by atoms with van der Waals surface area (Å²) in [5.41, 5.74) is 2.25. The molecule has 0 radical (unpaired) electrons. The monoisotopic (exact) mass is 216 g/mol. The first-order valence-electron chi connectivity index (χ1n) is 4.92. The van der Waals surface area contributed by atoms with Crippen molar-refractivity contribution in [3.8, 4) is 0 Å². The second kappa shape index (κ2) is 4.14. The quantitative estimate of drug-likeness (QED) is 0.802. The van der Waals surface area contributed by atoms with Crippen LogP contribution in [0.2, 0.25) is 0 Å². The Kier molecular flexibility index (Phi) is 2.68. The summed E-state index contributed by atoms with van der Waals surface area (Å²) < 4.78 is 0. The van der Waals surface area contributed by atoms with E-state index >= 15 is 0 Å². The van der Waals surface area contributed by atoms with Gasteiger partial charge in [-0.05, 0) is 26.0 Å². The lowest BCUT2D eigenvalue weighted by molar-refractivity contribution is 0.102. The van der Waals surface area contributed by atoms with Crippen LogP contribution in [-0.2, 0) is 0 Å². The maximum absolute atomic E-state index is 11.7.